The standard InChI is InChI=1S/C14H20ClNO2/c1-9-8-10(17)13(18-2)12(15)11(9)14(16)6-4-3-5-7-14/h8,17H,3-7,16H2,1-2H3. The van der Waals surface area contributed by atoms with Crippen LogP contribution < -0.4 is 10.5 Å². The Kier molecular flexibility index (Phi) is 3.74. The molecule has 0 radical (unpaired) electrons. The third kappa shape index (κ3) is 2.17. The van der Waals surface area contributed by atoms with Crippen LogP contribution in [0.4, 0.5) is 0 Å². The lowest BCUT2D eigenvalue weighted by Gasteiger charge is -2.36. The predicted molar refractivity (Wildman–Crippen MR) is 73.4 cm³/mol. The first-order valence-electron chi connectivity index (χ1n) is 6.35. The molecule has 1 aromatic rings. The number of halogens is 1. The van der Waals surface area contributed by atoms with Gasteiger partial charge >= 0.3 is 0 Å². The first-order chi connectivity index (χ1) is 8.49. The maximum atomic E-state index is 9.83. The molecule has 0 aliphatic heterocycles. The maximum absolute atomic E-state index is 9.83. The van der Waals surface area contributed by atoms with Crippen LogP contribution in [0.15, 0.2) is 6.07 Å². The van der Waals surface area contributed by atoms with Gasteiger partial charge in [-0.25, -0.2) is 0 Å². The second kappa shape index (κ2) is 4.98. The van der Waals surface area contributed by atoms with Crippen molar-refractivity contribution in [3.63, 3.8) is 0 Å². The summed E-state index contributed by atoms with van der Waals surface area (Å²) in [7, 11) is 1.50. The van der Waals surface area contributed by atoms with Crippen LogP contribution in [-0.2, 0) is 5.54 Å². The van der Waals surface area contributed by atoms with Gasteiger partial charge in [0.15, 0.2) is 11.5 Å². The summed E-state index contributed by atoms with van der Waals surface area (Å²) in [5.41, 5.74) is 8.01. The van der Waals surface area contributed by atoms with Gasteiger partial charge in [0.05, 0.1) is 12.1 Å². The molecular weight excluding hydrogens is 250 g/mol. The largest absolute Gasteiger partial charge is 0.504 e. The fourth-order valence-corrected chi connectivity index (χ4v) is 3.49. The van der Waals surface area contributed by atoms with Crippen LogP contribution in [-0.4, -0.2) is 12.2 Å². The highest BCUT2D eigenvalue weighted by Crippen LogP contribution is 2.46. The van der Waals surface area contributed by atoms with Crippen molar-refractivity contribution in [2.24, 2.45) is 5.73 Å². The second-order valence-electron chi connectivity index (χ2n) is 5.15. The molecular formula is C14H20ClNO2. The van der Waals surface area contributed by atoms with Gasteiger partial charge in [-0.15, -0.1) is 0 Å². The number of hydrogen-bond donors (Lipinski definition) is 2. The van der Waals surface area contributed by atoms with E-state index in [0.29, 0.717) is 10.8 Å². The summed E-state index contributed by atoms with van der Waals surface area (Å²) in [5.74, 6) is 0.399. The monoisotopic (exact) mass is 269 g/mol. The Morgan fingerprint density at radius 1 is 1.33 bits per heavy atom. The summed E-state index contributed by atoms with van der Waals surface area (Å²) in [6, 6.07) is 1.68. The van der Waals surface area contributed by atoms with Gasteiger partial charge in [0.25, 0.3) is 0 Å². The van der Waals surface area contributed by atoms with Crippen molar-refractivity contribution >= 4 is 11.6 Å². The van der Waals surface area contributed by atoms with Crippen molar-refractivity contribution in [3.8, 4) is 11.5 Å². The number of methoxy groups -OCH3 is 1. The van der Waals surface area contributed by atoms with Crippen molar-refractivity contribution in [3.05, 3.63) is 22.2 Å². The van der Waals surface area contributed by atoms with Gasteiger partial charge in [0.2, 0.25) is 0 Å². The Morgan fingerprint density at radius 2 is 1.94 bits per heavy atom. The van der Waals surface area contributed by atoms with E-state index in [9.17, 15) is 5.11 Å². The molecule has 3 N–H and O–H groups in total. The number of aromatic hydroxyl groups is 1. The van der Waals surface area contributed by atoms with Gasteiger partial charge in [0, 0.05) is 5.54 Å². The zero-order valence-corrected chi connectivity index (χ0v) is 11.7. The van der Waals surface area contributed by atoms with Gasteiger partial charge in [-0.3, -0.25) is 0 Å². The molecule has 1 aliphatic rings. The SMILES string of the molecule is COc1c(O)cc(C)c(C2(N)CCCCC2)c1Cl. The number of nitrogens with two attached hydrogens (primary N) is 1. The summed E-state index contributed by atoms with van der Waals surface area (Å²) in [6.07, 6.45) is 5.33. The number of phenols is 1. The highest BCUT2D eigenvalue weighted by atomic mass is 35.5. The molecule has 0 heterocycles. The molecule has 0 spiro atoms. The maximum Gasteiger partial charge on any atom is 0.179 e. The van der Waals surface area contributed by atoms with E-state index >= 15 is 0 Å². The van der Waals surface area contributed by atoms with Crippen LogP contribution in [0.5, 0.6) is 11.5 Å². The number of rotatable bonds is 2. The van der Waals surface area contributed by atoms with E-state index in [-0.39, 0.29) is 11.3 Å². The van der Waals surface area contributed by atoms with Crippen LogP contribution >= 0.6 is 11.6 Å². The summed E-state index contributed by atoms with van der Waals surface area (Å²) in [6.45, 7) is 1.93. The van der Waals surface area contributed by atoms with E-state index in [1.54, 1.807) is 6.07 Å². The normalized spacial score (nSPS) is 18.7. The molecule has 3 nitrogen and oxygen atoms in total. The van der Waals surface area contributed by atoms with E-state index in [0.717, 1.165) is 36.8 Å². The molecule has 0 aromatic heterocycles. The minimum absolute atomic E-state index is 0.0724. The minimum Gasteiger partial charge on any atom is -0.504 e. The quantitative estimate of drug-likeness (QED) is 0.864. The molecule has 2 rings (SSSR count). The lowest BCUT2D eigenvalue weighted by Crippen LogP contribution is -2.39. The number of hydrogen-bond acceptors (Lipinski definition) is 3. The molecule has 0 saturated heterocycles. The van der Waals surface area contributed by atoms with Gasteiger partial charge < -0.3 is 15.6 Å². The predicted octanol–water partition coefficient (Wildman–Crippen LogP) is 3.48. The Bertz CT molecular complexity index is 454. The van der Waals surface area contributed by atoms with Crippen LogP contribution in [0.2, 0.25) is 5.02 Å². The zero-order chi connectivity index (χ0) is 13.3. The van der Waals surface area contributed by atoms with Crippen molar-refractivity contribution in [1.82, 2.24) is 0 Å². The fraction of sp³-hybridized carbons (Fsp3) is 0.571. The van der Waals surface area contributed by atoms with Crippen molar-refractivity contribution in [1.29, 1.82) is 0 Å². The lowest BCUT2D eigenvalue weighted by atomic mass is 9.76. The fourth-order valence-electron chi connectivity index (χ4n) is 2.98. The zero-order valence-electron chi connectivity index (χ0n) is 10.9. The Labute approximate surface area is 113 Å². The molecule has 100 valence electrons. The highest BCUT2D eigenvalue weighted by molar-refractivity contribution is 6.33. The van der Waals surface area contributed by atoms with E-state index in [1.165, 1.54) is 13.5 Å². The van der Waals surface area contributed by atoms with Crippen LogP contribution in [0.1, 0.15) is 43.2 Å². The van der Waals surface area contributed by atoms with Gasteiger partial charge in [-0.1, -0.05) is 30.9 Å². The first kappa shape index (κ1) is 13.5. The van der Waals surface area contributed by atoms with E-state index in [1.807, 2.05) is 6.92 Å². The first-order valence-corrected chi connectivity index (χ1v) is 6.73. The van der Waals surface area contributed by atoms with E-state index < -0.39 is 0 Å². The molecule has 1 fully saturated rings. The molecule has 0 amide bonds. The Balaban J connectivity index is 2.56. The minimum atomic E-state index is -0.388. The number of ether oxygens (including phenoxy) is 1. The van der Waals surface area contributed by atoms with Crippen molar-refractivity contribution in [2.75, 3.05) is 7.11 Å². The Hall–Kier alpha value is -0.930. The van der Waals surface area contributed by atoms with Crippen molar-refractivity contribution < 1.29 is 9.84 Å². The van der Waals surface area contributed by atoms with Crippen LogP contribution in [0, 0.1) is 6.92 Å². The lowest BCUT2D eigenvalue weighted by molar-refractivity contribution is 0.298. The molecule has 1 saturated carbocycles. The van der Waals surface area contributed by atoms with Crippen LogP contribution in [0.25, 0.3) is 0 Å². The average molecular weight is 270 g/mol. The van der Waals surface area contributed by atoms with Crippen molar-refractivity contribution in [2.45, 2.75) is 44.6 Å². The topological polar surface area (TPSA) is 55.5 Å². The smallest absolute Gasteiger partial charge is 0.179 e. The summed E-state index contributed by atoms with van der Waals surface area (Å²) in [4.78, 5) is 0. The molecule has 0 unspecified atom stereocenters. The summed E-state index contributed by atoms with van der Waals surface area (Å²) < 4.78 is 5.17. The third-order valence-electron chi connectivity index (χ3n) is 3.85. The van der Waals surface area contributed by atoms with E-state index in [2.05, 4.69) is 0 Å². The summed E-state index contributed by atoms with van der Waals surface area (Å²) in [5, 5.41) is 10.3. The van der Waals surface area contributed by atoms with Gasteiger partial charge in [0.1, 0.15) is 0 Å². The van der Waals surface area contributed by atoms with Gasteiger partial charge in [-0.05, 0) is 37.0 Å². The van der Waals surface area contributed by atoms with E-state index in [4.69, 9.17) is 22.1 Å². The van der Waals surface area contributed by atoms with Gasteiger partial charge in [-0.2, -0.15) is 0 Å². The Morgan fingerprint density at radius 3 is 2.50 bits per heavy atom. The average Bonchev–Trinajstić information content (AvgIpc) is 2.29. The number of benzene rings is 1. The molecule has 0 bridgehead atoms. The summed E-state index contributed by atoms with van der Waals surface area (Å²) >= 11 is 6.38. The molecule has 4 heteroatoms. The molecule has 0 atom stereocenters. The molecule has 18 heavy (non-hydrogen) atoms. The number of aryl methyl sites for hydroxylation is 1. The number of phenolic OH excluding ortho intramolecular Hbond substituents is 1. The highest BCUT2D eigenvalue weighted by Gasteiger charge is 2.34. The molecule has 1 aliphatic carbocycles. The van der Waals surface area contributed by atoms with Crippen LogP contribution in [0.3, 0.4) is 0 Å². The third-order valence-corrected chi connectivity index (χ3v) is 4.21. The second-order valence-corrected chi connectivity index (χ2v) is 5.53. The molecule has 1 aromatic carbocycles.